The van der Waals surface area contributed by atoms with E-state index in [-0.39, 0.29) is 72.2 Å². The lowest BCUT2D eigenvalue weighted by molar-refractivity contribution is 0.0961. The molecule has 8 heterocycles. The average Bonchev–Trinajstić information content (AvgIpc) is 1.62. The summed E-state index contributed by atoms with van der Waals surface area (Å²) in [5, 5.41) is 18.1. The van der Waals surface area contributed by atoms with Crippen LogP contribution in [0.1, 0.15) is 181 Å². The van der Waals surface area contributed by atoms with E-state index in [1.165, 1.54) is 70.1 Å². The first-order valence-electron chi connectivity index (χ1n) is 30.6. The highest BCUT2D eigenvalue weighted by molar-refractivity contribution is 7.18. The van der Waals surface area contributed by atoms with Gasteiger partial charge in [0.25, 0.3) is 23.6 Å². The van der Waals surface area contributed by atoms with E-state index < -0.39 is 17.7 Å². The summed E-state index contributed by atoms with van der Waals surface area (Å²) in [7, 11) is 0. The quantitative estimate of drug-likeness (QED) is 0.0725. The van der Waals surface area contributed by atoms with Crippen molar-refractivity contribution in [1.29, 1.82) is 0 Å². The van der Waals surface area contributed by atoms with Gasteiger partial charge in [-0.25, -0.2) is 0 Å². The van der Waals surface area contributed by atoms with Gasteiger partial charge in [-0.15, -0.1) is 45.3 Å². The Hall–Kier alpha value is -9.34. The largest absolute Gasteiger partial charge is 0.359 e. The number of benzene rings is 3. The molecule has 8 aromatic heterocycles. The van der Waals surface area contributed by atoms with Crippen molar-refractivity contribution in [3.8, 4) is 0 Å². The van der Waals surface area contributed by atoms with Gasteiger partial charge < -0.3 is 41.2 Å². The van der Waals surface area contributed by atoms with Gasteiger partial charge in [-0.3, -0.25) is 38.4 Å². The molecule has 0 radical (unpaired) electrons. The lowest BCUT2D eigenvalue weighted by Gasteiger charge is -2.05. The summed E-state index contributed by atoms with van der Waals surface area (Å²) in [5.74, 6) is -1.56. The predicted octanol–water partition coefficient (Wildman–Crippen LogP) is 20.8. The number of para-hydroxylation sites is 3. The molecule has 1 aliphatic carbocycles. The van der Waals surface area contributed by atoms with Crippen molar-refractivity contribution < 1.29 is 19.2 Å². The number of H-pyrrole nitrogens is 4. The summed E-state index contributed by atoms with van der Waals surface area (Å²) in [6, 6.07) is 34.4. The van der Waals surface area contributed by atoms with Gasteiger partial charge in [0.15, 0.2) is 0 Å². The van der Waals surface area contributed by atoms with Gasteiger partial charge in [-0.1, -0.05) is 200 Å². The molecule has 0 bridgehead atoms. The molecular weight excluding hydrogens is 1260 g/mol. The summed E-state index contributed by atoms with van der Waals surface area (Å²) in [6.45, 7) is 32.0. The molecule has 508 valence electrons. The number of anilines is 3. The second kappa shape index (κ2) is 51.2. The fourth-order valence-corrected chi connectivity index (χ4v) is 10.6. The third kappa shape index (κ3) is 26.0. The van der Waals surface area contributed by atoms with Gasteiger partial charge in [0.2, 0.25) is 21.7 Å². The number of carbonyl (C=O) groups is 4. The summed E-state index contributed by atoms with van der Waals surface area (Å²) in [5.41, 5.74) is 5.43. The molecule has 0 atom stereocenters. The first kappa shape index (κ1) is 88.9. The molecule has 3 aromatic carbocycles. The molecule has 16 nitrogen and oxygen atoms in total. The van der Waals surface area contributed by atoms with E-state index in [2.05, 4.69) is 41.2 Å². The maximum Gasteiger partial charge on any atom is 0.261 e. The Morgan fingerprint density at radius 2 is 0.553 bits per heavy atom. The Morgan fingerprint density at radius 1 is 0.330 bits per heavy atom. The summed E-state index contributed by atoms with van der Waals surface area (Å²) in [6.07, 6.45) is 12.2. The molecule has 0 aliphatic heterocycles. The summed E-state index contributed by atoms with van der Waals surface area (Å²) in [4.78, 5) is 109. The highest BCUT2D eigenvalue weighted by atomic mass is 32.1. The topological polar surface area (TPSA) is 248 Å². The fourth-order valence-electron chi connectivity index (χ4n) is 7.33. The minimum atomic E-state index is -0.400. The molecule has 0 saturated heterocycles. The van der Waals surface area contributed by atoms with Crippen molar-refractivity contribution in [2.45, 2.75) is 139 Å². The number of hydrogen-bond donors (Lipinski definition) is 8. The Labute approximate surface area is 571 Å². The molecule has 20 heteroatoms. The van der Waals surface area contributed by atoms with Crippen LogP contribution in [-0.2, 0) is 0 Å². The van der Waals surface area contributed by atoms with Crippen LogP contribution < -0.4 is 43.0 Å². The third-order valence-electron chi connectivity index (χ3n) is 11.1. The van der Waals surface area contributed by atoms with Crippen LogP contribution in [0.4, 0.5) is 17.1 Å². The van der Waals surface area contributed by atoms with Gasteiger partial charge in [-0.2, -0.15) is 0 Å². The number of pyridine rings is 4. The van der Waals surface area contributed by atoms with Crippen molar-refractivity contribution in [3.05, 3.63) is 249 Å². The fraction of sp³-hybridized carbons (Fsp3) is 0.270. The first-order chi connectivity index (χ1) is 44.5. The molecular formula is C74H100N8O8S4. The molecule has 1 aliphatic rings. The number of aromatic amines is 4. The zero-order chi connectivity index (χ0) is 68.3. The van der Waals surface area contributed by atoms with Crippen LogP contribution in [0.15, 0.2) is 205 Å². The number of hydrogen-bond acceptors (Lipinski definition) is 12. The minimum absolute atomic E-state index is 0. The SMILES string of the molecule is C.C.C.CC.CC.CC.CC.CC.CC.CC.CC.O=C(NC1=CC=CC1)c1c[nH]c2ccsc2c1=O.O=C(Nc1ccccc1)c1c[nH]c2ccsc2c1=O.O=C(Nc1ccccc1)c1c[nH]c2ccsc2c1=O.O=C(Nc1ccccc1)c1c[nH]c2ccsc2c1=O. The third-order valence-corrected chi connectivity index (χ3v) is 14.7. The van der Waals surface area contributed by atoms with Crippen molar-refractivity contribution in [2.24, 2.45) is 0 Å². The minimum Gasteiger partial charge on any atom is -0.359 e. The molecule has 0 fully saturated rings. The number of carbonyl (C=O) groups excluding carboxylic acids is 4. The molecule has 0 spiro atoms. The Kier molecular flexibility index (Phi) is 48.4. The van der Waals surface area contributed by atoms with E-state index in [0.717, 1.165) is 27.8 Å². The number of allylic oxidation sites excluding steroid dienone is 3. The number of fused-ring (bicyclic) bond motifs is 4. The normalized spacial score (nSPS) is 9.55. The molecule has 12 rings (SSSR count). The number of thiophene rings is 4. The van der Waals surface area contributed by atoms with Crippen molar-refractivity contribution in [3.63, 3.8) is 0 Å². The van der Waals surface area contributed by atoms with Crippen LogP contribution >= 0.6 is 45.3 Å². The van der Waals surface area contributed by atoms with Gasteiger partial charge in [0.05, 0.1) is 40.9 Å². The Bertz CT molecular complexity index is 3870. The highest BCUT2D eigenvalue weighted by Gasteiger charge is 2.18. The van der Waals surface area contributed by atoms with Crippen LogP contribution in [0.2, 0.25) is 0 Å². The molecule has 0 unspecified atom stereocenters. The van der Waals surface area contributed by atoms with E-state index in [1.807, 2.05) is 229 Å². The van der Waals surface area contributed by atoms with Crippen molar-refractivity contribution >= 4 is 127 Å². The lowest BCUT2D eigenvalue weighted by Crippen LogP contribution is -2.27. The number of rotatable bonds is 8. The molecule has 4 amide bonds. The van der Waals surface area contributed by atoms with Gasteiger partial charge in [0, 0.05) is 54.0 Å². The highest BCUT2D eigenvalue weighted by Crippen LogP contribution is 2.19. The predicted molar refractivity (Wildman–Crippen MR) is 413 cm³/mol. The van der Waals surface area contributed by atoms with Crippen LogP contribution in [0.3, 0.4) is 0 Å². The van der Waals surface area contributed by atoms with Crippen LogP contribution in [-0.4, -0.2) is 43.6 Å². The molecule has 94 heavy (non-hydrogen) atoms. The van der Waals surface area contributed by atoms with E-state index in [1.54, 1.807) is 36.4 Å². The van der Waals surface area contributed by atoms with Crippen LogP contribution in [0.5, 0.6) is 0 Å². The van der Waals surface area contributed by atoms with Crippen molar-refractivity contribution in [1.82, 2.24) is 25.3 Å². The monoisotopic (exact) mass is 1360 g/mol. The summed E-state index contributed by atoms with van der Waals surface area (Å²) >= 11 is 5.32. The molecule has 0 saturated carbocycles. The maximum absolute atomic E-state index is 12.2. The number of nitrogens with one attached hydrogen (secondary N) is 8. The first-order valence-corrected chi connectivity index (χ1v) is 34.2. The molecule has 8 N–H and O–H groups in total. The summed E-state index contributed by atoms with van der Waals surface area (Å²) < 4.78 is 2.29. The van der Waals surface area contributed by atoms with Gasteiger partial charge in [-0.05, 0) is 88.3 Å². The zero-order valence-corrected chi connectivity index (χ0v) is 58.2. The lowest BCUT2D eigenvalue weighted by atomic mass is 10.2. The van der Waals surface area contributed by atoms with E-state index >= 15 is 0 Å². The smallest absolute Gasteiger partial charge is 0.261 e. The Balaban J connectivity index is -0.00000108. The number of aromatic nitrogens is 4. The zero-order valence-electron chi connectivity index (χ0n) is 54.9. The standard InChI is InChI=1S/3C14H10N2O2S.C13H10N2O2S.8C2H6.3CH4/c3*17-12-10(8-15-11-6-7-19-13(11)12)14(18)16-9-4-2-1-3-5-9;16-11-9(7-14-10-5-6-18-12(10)11)13(17)15-8-3-1-2-4-8;8*1-2;;;/h3*1-8H,(H,15,17)(H,16,18);1-3,5-7H,4H2,(H,14,16)(H,15,17);8*1-2H3;3*1H4. The second-order valence-electron chi connectivity index (χ2n) is 16.0. The van der Waals surface area contributed by atoms with E-state index in [0.29, 0.717) is 42.3 Å². The number of amides is 4. The Morgan fingerprint density at radius 3 is 0.766 bits per heavy atom. The van der Waals surface area contributed by atoms with Crippen LogP contribution in [0.25, 0.3) is 40.9 Å². The molecule has 11 aromatic rings. The average molecular weight is 1360 g/mol. The van der Waals surface area contributed by atoms with Crippen molar-refractivity contribution in [2.75, 3.05) is 16.0 Å². The second-order valence-corrected chi connectivity index (χ2v) is 19.7. The van der Waals surface area contributed by atoms with E-state index in [4.69, 9.17) is 0 Å². The van der Waals surface area contributed by atoms with Crippen LogP contribution in [0, 0.1) is 0 Å². The maximum atomic E-state index is 12.2. The van der Waals surface area contributed by atoms with Gasteiger partial charge in [0.1, 0.15) is 22.3 Å². The van der Waals surface area contributed by atoms with E-state index in [9.17, 15) is 38.4 Å². The van der Waals surface area contributed by atoms with Gasteiger partial charge >= 0.3 is 0 Å².